The van der Waals surface area contributed by atoms with E-state index in [-0.39, 0.29) is 162 Å². The Morgan fingerprint density at radius 2 is 0.555 bits per heavy atom. The minimum Gasteiger partial charge on any atom is -0.481 e. The second-order valence-corrected chi connectivity index (χ2v) is 36.4. The maximum Gasteiger partial charge on any atom is 0.303 e. The van der Waals surface area contributed by atoms with Gasteiger partial charge in [0.15, 0.2) is 44.0 Å². The largest absolute Gasteiger partial charge is 0.481 e. The third-order valence-electron chi connectivity index (χ3n) is 25.4. The molecule has 59 heteroatoms. The minimum absolute atomic E-state index is 0.0110. The van der Waals surface area contributed by atoms with E-state index in [1.54, 1.807) is 0 Å². The fraction of sp³-hybridized carbons (Fsp3) is 0.897. The fourth-order valence-electron chi connectivity index (χ4n) is 16.6. The highest BCUT2D eigenvalue weighted by Crippen LogP contribution is 2.34. The summed E-state index contributed by atoms with van der Waals surface area (Å²) >= 11 is 0. The fourth-order valence-corrected chi connectivity index (χ4v) is 16.6. The molecule has 0 aliphatic carbocycles. The van der Waals surface area contributed by atoms with Gasteiger partial charge < -0.3 is 246 Å². The van der Waals surface area contributed by atoms with Crippen molar-refractivity contribution in [3.05, 3.63) is 0 Å². The van der Waals surface area contributed by atoms with Crippen molar-refractivity contribution < 1.29 is 247 Å². The molecule has 846 valence electrons. The lowest BCUT2D eigenvalue weighted by molar-refractivity contribution is -0.366. The summed E-state index contributed by atoms with van der Waals surface area (Å²) in [5.41, 5.74) is 0. The second-order valence-electron chi connectivity index (χ2n) is 36.4. The Bertz CT molecular complexity index is 3710. The van der Waals surface area contributed by atoms with Crippen molar-refractivity contribution in [1.82, 2.24) is 46.6 Å². The standard InChI is InChI=1S/C87H153N9O50/c97-36-44-59(112)66(119)72(125)81(139-44)134-29-24-95(25-30-135-82-73(126)67(120)60(113)45(37-98)140-82)56(108)14-6-2-10-19-88-52(104)18-17-43(80(132)92-22-12-3-7-15-57(109)96(26-31-136-83-74(127)68(121)61(114)46(38-99)141-83)27-32-137-84-75(128)69(122)62(115)47(39-100)142-84)93-55(107)35-94(34-54(106)90-21-11-4-8-16-58(110)111)33-53(105)89-20-9-1-5-13-51(103)91-23-28-133-86-78(131)79(146-87-77(130)71(124)64(117)49(41-102)144-87)65(118)50(145-86)42-138-85-76(129)70(123)63(116)48(40-101)143-85/h43-50,59-79,81-87,97-102,112-131H,1-42H2,(H,88,104)(H,89,105)(H,90,106)(H,91,103)(H,92,132)(H,93,107)(H,110,111)/t43-,44+,45+,46+,47+,48+,49+,50+,59+,60+,61+,62+,63+,64+,65+,66-,67-,68-,69-,70-,71-,72-,73-,74-,75-,76-,77-,78-,79-,81-,82-,83-,84-,85-,86-,87+/m0/s1. The molecule has 7 rings (SSSR count). The van der Waals surface area contributed by atoms with Gasteiger partial charge in [-0.25, -0.2) is 0 Å². The molecule has 8 amide bonds. The molecule has 7 saturated heterocycles. The highest BCUT2D eigenvalue weighted by atomic mass is 16.8. The molecule has 0 aromatic rings. The monoisotopic (exact) mass is 2120 g/mol. The Morgan fingerprint density at radius 3 is 0.918 bits per heavy atom. The summed E-state index contributed by atoms with van der Waals surface area (Å²) in [4.78, 5) is 125. The number of hydrogen-bond acceptors (Lipinski definition) is 50. The van der Waals surface area contributed by atoms with Gasteiger partial charge in [-0.05, 0) is 57.8 Å². The van der Waals surface area contributed by atoms with Gasteiger partial charge in [0, 0.05) is 91.0 Å². The van der Waals surface area contributed by atoms with Crippen LogP contribution in [0, 0.1) is 0 Å². The number of hydrogen-bond donors (Lipinski definition) is 33. The van der Waals surface area contributed by atoms with E-state index in [2.05, 4.69) is 31.9 Å². The van der Waals surface area contributed by atoms with Crippen molar-refractivity contribution in [1.29, 1.82) is 0 Å². The molecule has 7 fully saturated rings. The number of rotatable bonds is 66. The summed E-state index contributed by atoms with van der Waals surface area (Å²) in [7, 11) is 0. The molecule has 0 radical (unpaired) electrons. The topological polar surface area (TPSA) is 911 Å². The van der Waals surface area contributed by atoms with Gasteiger partial charge in [-0.15, -0.1) is 0 Å². The van der Waals surface area contributed by atoms with Crippen LogP contribution in [0.3, 0.4) is 0 Å². The van der Waals surface area contributed by atoms with Crippen molar-refractivity contribution in [2.75, 3.05) is 158 Å². The number of carboxylic acid groups (broad SMARTS) is 1. The third kappa shape index (κ3) is 39.6. The molecule has 36 atom stereocenters. The van der Waals surface area contributed by atoms with Crippen molar-refractivity contribution >= 4 is 53.2 Å². The molecule has 59 nitrogen and oxygen atoms in total. The Labute approximate surface area is 838 Å². The van der Waals surface area contributed by atoms with E-state index in [9.17, 15) is 176 Å². The van der Waals surface area contributed by atoms with Gasteiger partial charge in [0.05, 0.1) is 98.9 Å². The molecule has 7 heterocycles. The molecule has 0 spiro atoms. The zero-order chi connectivity index (χ0) is 108. The molecular weight excluding hydrogens is 1970 g/mol. The smallest absolute Gasteiger partial charge is 0.303 e. The number of unbranched alkanes of at least 4 members (excludes halogenated alkanes) is 8. The average Bonchev–Trinajstić information content (AvgIpc) is 0.789. The number of carbonyl (C=O) groups excluding carboxylic acids is 8. The van der Waals surface area contributed by atoms with Crippen molar-refractivity contribution in [2.24, 2.45) is 0 Å². The number of aliphatic hydroxyl groups excluding tert-OH is 26. The number of amides is 8. The van der Waals surface area contributed by atoms with Crippen LogP contribution in [0.1, 0.15) is 116 Å². The van der Waals surface area contributed by atoms with Gasteiger partial charge in [0.2, 0.25) is 47.3 Å². The number of nitrogens with zero attached hydrogens (tertiary/aromatic N) is 3. The maximum absolute atomic E-state index is 14.3. The summed E-state index contributed by atoms with van der Waals surface area (Å²) < 4.78 is 77.8. The Kier molecular flexibility index (Phi) is 57.1. The van der Waals surface area contributed by atoms with E-state index in [1.165, 1.54) is 9.80 Å². The zero-order valence-electron chi connectivity index (χ0n) is 80.8. The predicted octanol–water partition coefficient (Wildman–Crippen LogP) is -18.2. The molecule has 146 heavy (non-hydrogen) atoms. The lowest BCUT2D eigenvalue weighted by atomic mass is 9.96. The van der Waals surface area contributed by atoms with E-state index >= 15 is 0 Å². The molecule has 33 N–H and O–H groups in total. The summed E-state index contributed by atoms with van der Waals surface area (Å²) in [6, 6.07) is -1.49. The van der Waals surface area contributed by atoms with Crippen LogP contribution < -0.4 is 31.9 Å². The van der Waals surface area contributed by atoms with Crippen LogP contribution in [0.15, 0.2) is 0 Å². The quantitative estimate of drug-likeness (QED) is 0.0251. The first-order chi connectivity index (χ1) is 69.6. The van der Waals surface area contributed by atoms with E-state index in [0.29, 0.717) is 32.1 Å². The molecule has 0 aromatic carbocycles. The van der Waals surface area contributed by atoms with E-state index in [4.69, 9.17) is 71.4 Å². The van der Waals surface area contributed by atoms with Crippen LogP contribution in [0.4, 0.5) is 0 Å². The Hall–Kier alpha value is -6.41. The second kappa shape index (κ2) is 65.9. The van der Waals surface area contributed by atoms with E-state index in [1.807, 2.05) is 0 Å². The lowest BCUT2D eigenvalue weighted by Gasteiger charge is -2.46. The van der Waals surface area contributed by atoms with Crippen LogP contribution in [-0.2, 0) is 109 Å². The zero-order valence-corrected chi connectivity index (χ0v) is 80.8. The number of carbonyl (C=O) groups is 9. The first kappa shape index (κ1) is 126. The first-order valence-electron chi connectivity index (χ1n) is 49.0. The van der Waals surface area contributed by atoms with Crippen LogP contribution >= 0.6 is 0 Å². The highest BCUT2D eigenvalue weighted by molar-refractivity contribution is 5.90. The normalized spacial score (nSPS) is 34.0. The summed E-state index contributed by atoms with van der Waals surface area (Å²) in [5.74, 6) is -6.22. The van der Waals surface area contributed by atoms with Gasteiger partial charge in [-0.3, -0.25) is 48.1 Å². The number of ether oxygens (including phenoxy) is 14. The molecular formula is C87H153N9O50. The average molecular weight is 2130 g/mol. The van der Waals surface area contributed by atoms with Gasteiger partial charge in [-0.1, -0.05) is 25.7 Å². The molecule has 7 aliphatic rings. The van der Waals surface area contributed by atoms with Crippen molar-refractivity contribution in [3.63, 3.8) is 0 Å². The Morgan fingerprint density at radius 1 is 0.267 bits per heavy atom. The van der Waals surface area contributed by atoms with Gasteiger partial charge in [0.25, 0.3) is 0 Å². The molecule has 7 aliphatic heterocycles. The number of carboxylic acids is 1. The number of aliphatic hydroxyl groups is 26. The number of nitrogens with one attached hydrogen (secondary N) is 6. The minimum atomic E-state index is -2.01. The summed E-state index contributed by atoms with van der Waals surface area (Å²) in [5, 5.41) is 294. The summed E-state index contributed by atoms with van der Waals surface area (Å²) in [6.45, 7) is -10.3. The van der Waals surface area contributed by atoms with Crippen LogP contribution in [-0.4, -0.2) is 585 Å². The maximum atomic E-state index is 14.3. The van der Waals surface area contributed by atoms with Gasteiger partial charge in [-0.2, -0.15) is 0 Å². The third-order valence-corrected chi connectivity index (χ3v) is 25.4. The van der Waals surface area contributed by atoms with E-state index in [0.717, 1.165) is 4.90 Å². The number of aliphatic carboxylic acids is 1. The van der Waals surface area contributed by atoms with E-state index < -0.39 is 353 Å². The van der Waals surface area contributed by atoms with Crippen molar-refractivity contribution in [3.8, 4) is 0 Å². The van der Waals surface area contributed by atoms with Gasteiger partial charge in [0.1, 0.15) is 177 Å². The summed E-state index contributed by atoms with van der Waals surface area (Å²) in [6.07, 6.45) is -57.4. The van der Waals surface area contributed by atoms with Crippen LogP contribution in [0.5, 0.6) is 0 Å². The SMILES string of the molecule is O=C(O)CCCCCNC(=O)CN(CC(=O)NCCCCCC(=O)NCCO[C@H]1O[C@H](CO[C@H]2O[C@H](CO)[C@@H](O)[C@H](O)[C@@H]2O)[C@@H](O)[C@H](O[C@H]2O[C@H](CO)[C@@H](O)[C@H](O)[C@@H]2O)[C@@H]1O)CC(=O)N[C@@H](CCC(=O)NCCCCCC(=O)N(CCO[C@H]1O[C@H](CO)[C@@H](O)[C@H](O)[C@@H]1O)CCO[C@H]1O[C@H](CO)[C@@H](O)[C@H](O)[C@@H]1O)C(=O)NCCCCCC(=O)N(CCO[C@H]1O[C@H](CO)[C@@H](O)[C@H](O)[C@@H]1O)CCO[C@H]1O[C@H](CO)[C@@H](O)[C@H](O)[C@@H]1O. The molecule has 0 aromatic heterocycles. The Balaban J connectivity index is 0.956. The molecule has 0 bridgehead atoms. The highest BCUT2D eigenvalue weighted by Gasteiger charge is 2.54. The lowest BCUT2D eigenvalue weighted by Crippen LogP contribution is -2.65. The predicted molar refractivity (Wildman–Crippen MR) is 481 cm³/mol. The van der Waals surface area contributed by atoms with Crippen LogP contribution in [0.25, 0.3) is 0 Å². The molecule has 0 unspecified atom stereocenters. The van der Waals surface area contributed by atoms with Crippen molar-refractivity contribution in [2.45, 2.75) is 337 Å². The molecule has 0 saturated carbocycles. The van der Waals surface area contributed by atoms with Crippen LogP contribution in [0.2, 0.25) is 0 Å². The first-order valence-corrected chi connectivity index (χ1v) is 49.0. The van der Waals surface area contributed by atoms with Gasteiger partial charge >= 0.3 is 5.97 Å².